The molecule has 1 saturated carbocycles. The van der Waals surface area contributed by atoms with Crippen LogP contribution in [0.1, 0.15) is 64.3 Å². The molecule has 5 nitrogen and oxygen atoms in total. The molecule has 0 spiro atoms. The lowest BCUT2D eigenvalue weighted by Gasteiger charge is -2.22. The summed E-state index contributed by atoms with van der Waals surface area (Å²) < 4.78 is 4.85. The highest BCUT2D eigenvalue weighted by Crippen LogP contribution is 2.33. The Morgan fingerprint density at radius 1 is 0.844 bits per heavy atom. The van der Waals surface area contributed by atoms with Crippen LogP contribution >= 0.6 is 0 Å². The average Bonchev–Trinajstić information content (AvgIpc) is 2.85. The molecule has 0 aromatic heterocycles. The van der Waals surface area contributed by atoms with Gasteiger partial charge in [0, 0.05) is 16.9 Å². The highest BCUT2D eigenvalue weighted by Gasteiger charge is 2.16. The molecule has 4 rings (SSSR count). The number of anilines is 3. The zero-order chi connectivity index (χ0) is 22.3. The summed E-state index contributed by atoms with van der Waals surface area (Å²) in [4.78, 5) is 24.8. The van der Waals surface area contributed by atoms with E-state index in [1.165, 1.54) is 44.8 Å². The predicted octanol–water partition coefficient (Wildman–Crippen LogP) is 6.52. The molecule has 0 atom stereocenters. The van der Waals surface area contributed by atoms with E-state index in [-0.39, 0.29) is 5.91 Å². The highest BCUT2D eigenvalue weighted by molar-refractivity contribution is 6.05. The van der Waals surface area contributed by atoms with E-state index in [1.807, 2.05) is 30.3 Å². The minimum absolute atomic E-state index is 0.180. The molecule has 0 aliphatic heterocycles. The van der Waals surface area contributed by atoms with Crippen LogP contribution < -0.4 is 10.6 Å². The Kier molecular flexibility index (Phi) is 6.85. The van der Waals surface area contributed by atoms with Crippen molar-refractivity contribution >= 4 is 28.9 Å². The summed E-state index contributed by atoms with van der Waals surface area (Å²) in [5, 5.41) is 6.19. The number of para-hydroxylation sites is 1. The summed E-state index contributed by atoms with van der Waals surface area (Å²) in [6.45, 7) is 0. The van der Waals surface area contributed by atoms with Gasteiger partial charge in [-0.1, -0.05) is 49.6 Å². The number of hydrogen-bond donors (Lipinski definition) is 2. The average molecular weight is 429 g/mol. The number of carbonyl (C=O) groups is 2. The predicted molar refractivity (Wildman–Crippen MR) is 128 cm³/mol. The zero-order valence-corrected chi connectivity index (χ0v) is 18.3. The number of rotatable bonds is 6. The van der Waals surface area contributed by atoms with Crippen LogP contribution in [-0.4, -0.2) is 19.0 Å². The van der Waals surface area contributed by atoms with Crippen molar-refractivity contribution in [1.82, 2.24) is 0 Å². The second-order valence-electron chi connectivity index (χ2n) is 8.15. The normalized spacial score (nSPS) is 13.9. The molecule has 2 N–H and O–H groups in total. The van der Waals surface area contributed by atoms with Gasteiger partial charge in [-0.15, -0.1) is 0 Å². The van der Waals surface area contributed by atoms with E-state index >= 15 is 0 Å². The van der Waals surface area contributed by atoms with Gasteiger partial charge in [-0.25, -0.2) is 4.79 Å². The Labute approximate surface area is 188 Å². The van der Waals surface area contributed by atoms with E-state index in [1.54, 1.807) is 30.3 Å². The van der Waals surface area contributed by atoms with Crippen LogP contribution in [0, 0.1) is 0 Å². The summed E-state index contributed by atoms with van der Waals surface area (Å²) >= 11 is 0. The Hall–Kier alpha value is -3.60. The number of carbonyl (C=O) groups excluding carboxylic acids is 2. The fourth-order valence-corrected chi connectivity index (χ4v) is 4.25. The summed E-state index contributed by atoms with van der Waals surface area (Å²) in [6.07, 6.45) is 6.46. The van der Waals surface area contributed by atoms with Crippen LogP contribution in [0.25, 0.3) is 0 Å². The van der Waals surface area contributed by atoms with Crippen molar-refractivity contribution in [2.75, 3.05) is 17.7 Å². The first-order chi connectivity index (χ1) is 15.6. The third-order valence-electron chi connectivity index (χ3n) is 5.98. The maximum absolute atomic E-state index is 12.8. The van der Waals surface area contributed by atoms with Crippen molar-refractivity contribution in [1.29, 1.82) is 0 Å². The third kappa shape index (κ3) is 5.17. The maximum Gasteiger partial charge on any atom is 0.339 e. The molecular weight excluding hydrogens is 400 g/mol. The van der Waals surface area contributed by atoms with Gasteiger partial charge in [-0.2, -0.15) is 0 Å². The van der Waals surface area contributed by atoms with E-state index in [0.29, 0.717) is 28.4 Å². The molecule has 0 unspecified atom stereocenters. The summed E-state index contributed by atoms with van der Waals surface area (Å²) in [7, 11) is 1.35. The number of ether oxygens (including phenoxy) is 1. The first kappa shape index (κ1) is 21.6. The van der Waals surface area contributed by atoms with Gasteiger partial charge >= 0.3 is 5.97 Å². The lowest BCUT2D eigenvalue weighted by molar-refractivity contribution is 0.0601. The second kappa shape index (κ2) is 10.1. The number of benzene rings is 3. The van der Waals surface area contributed by atoms with E-state index in [9.17, 15) is 9.59 Å². The van der Waals surface area contributed by atoms with E-state index in [2.05, 4.69) is 22.8 Å². The lowest BCUT2D eigenvalue weighted by atomic mass is 9.84. The van der Waals surface area contributed by atoms with Gasteiger partial charge in [0.15, 0.2) is 0 Å². The molecule has 3 aromatic carbocycles. The number of amides is 1. The molecule has 1 aliphatic carbocycles. The first-order valence-electron chi connectivity index (χ1n) is 11.1. The van der Waals surface area contributed by atoms with Crippen LogP contribution in [-0.2, 0) is 4.74 Å². The molecule has 0 heterocycles. The summed E-state index contributed by atoms with van der Waals surface area (Å²) in [5.41, 5.74) is 4.43. The zero-order valence-electron chi connectivity index (χ0n) is 18.3. The van der Waals surface area contributed by atoms with Gasteiger partial charge in [0.2, 0.25) is 0 Å². The minimum atomic E-state index is -0.418. The summed E-state index contributed by atoms with van der Waals surface area (Å²) in [5.74, 6) is 0.0446. The van der Waals surface area contributed by atoms with Crippen molar-refractivity contribution in [2.24, 2.45) is 0 Å². The Bertz CT molecular complexity index is 1090. The van der Waals surface area contributed by atoms with Crippen LogP contribution in [0.2, 0.25) is 0 Å². The number of methoxy groups -OCH3 is 1. The van der Waals surface area contributed by atoms with Crippen molar-refractivity contribution < 1.29 is 14.3 Å². The number of esters is 1. The largest absolute Gasteiger partial charge is 0.465 e. The first-order valence-corrected chi connectivity index (χ1v) is 11.1. The molecule has 32 heavy (non-hydrogen) atoms. The molecule has 3 aromatic rings. The highest BCUT2D eigenvalue weighted by atomic mass is 16.5. The molecule has 5 heteroatoms. The Morgan fingerprint density at radius 2 is 1.59 bits per heavy atom. The van der Waals surface area contributed by atoms with E-state index < -0.39 is 5.97 Å². The minimum Gasteiger partial charge on any atom is -0.465 e. The lowest BCUT2D eigenvalue weighted by Crippen LogP contribution is -2.12. The van der Waals surface area contributed by atoms with Crippen LogP contribution in [0.3, 0.4) is 0 Å². The van der Waals surface area contributed by atoms with Crippen molar-refractivity contribution in [3.8, 4) is 0 Å². The fourth-order valence-electron chi connectivity index (χ4n) is 4.25. The third-order valence-corrected chi connectivity index (χ3v) is 5.98. The van der Waals surface area contributed by atoms with Gasteiger partial charge in [-0.3, -0.25) is 4.79 Å². The standard InChI is InChI=1S/C27H28N2O3/c1-32-27(31)24-12-5-6-13-25(24)28-23-11-7-10-21(18-23)26(30)29-22-16-14-20(15-17-22)19-8-3-2-4-9-19/h5-7,10-19,28H,2-4,8-9H2,1H3,(H,29,30). The van der Waals surface area contributed by atoms with Crippen molar-refractivity contribution in [3.63, 3.8) is 0 Å². The van der Waals surface area contributed by atoms with Crippen LogP contribution in [0.4, 0.5) is 17.1 Å². The smallest absolute Gasteiger partial charge is 0.339 e. The second-order valence-corrected chi connectivity index (χ2v) is 8.15. The molecule has 1 amide bonds. The van der Waals surface area contributed by atoms with Crippen molar-refractivity contribution in [2.45, 2.75) is 38.0 Å². The molecule has 0 saturated heterocycles. The molecule has 1 fully saturated rings. The maximum atomic E-state index is 12.8. The molecule has 164 valence electrons. The van der Waals surface area contributed by atoms with Gasteiger partial charge in [-0.05, 0) is 66.8 Å². The van der Waals surface area contributed by atoms with Crippen LogP contribution in [0.5, 0.6) is 0 Å². The van der Waals surface area contributed by atoms with Gasteiger partial charge < -0.3 is 15.4 Å². The number of nitrogens with one attached hydrogen (secondary N) is 2. The molecular formula is C27H28N2O3. The Morgan fingerprint density at radius 3 is 2.34 bits per heavy atom. The number of hydrogen-bond acceptors (Lipinski definition) is 4. The van der Waals surface area contributed by atoms with Gasteiger partial charge in [0.25, 0.3) is 5.91 Å². The SMILES string of the molecule is COC(=O)c1ccccc1Nc1cccc(C(=O)Nc2ccc(C3CCCCC3)cc2)c1. The quantitative estimate of drug-likeness (QED) is 0.439. The van der Waals surface area contributed by atoms with Crippen molar-refractivity contribution in [3.05, 3.63) is 89.5 Å². The molecule has 1 aliphatic rings. The fraction of sp³-hybridized carbons (Fsp3) is 0.259. The van der Waals surface area contributed by atoms with Gasteiger partial charge in [0.1, 0.15) is 0 Å². The summed E-state index contributed by atoms with van der Waals surface area (Å²) in [6, 6.07) is 22.5. The Balaban J connectivity index is 1.44. The molecule has 0 radical (unpaired) electrons. The topological polar surface area (TPSA) is 67.4 Å². The monoisotopic (exact) mass is 428 g/mol. The van der Waals surface area contributed by atoms with Gasteiger partial charge in [0.05, 0.1) is 18.4 Å². The van der Waals surface area contributed by atoms with E-state index in [4.69, 9.17) is 4.74 Å². The van der Waals surface area contributed by atoms with E-state index in [0.717, 1.165) is 5.69 Å². The molecule has 0 bridgehead atoms. The van der Waals surface area contributed by atoms with Crippen LogP contribution in [0.15, 0.2) is 72.8 Å².